The van der Waals surface area contributed by atoms with Gasteiger partial charge >= 0.3 is 0 Å². The van der Waals surface area contributed by atoms with Crippen molar-refractivity contribution in [1.29, 1.82) is 0 Å². The zero-order valence-corrected chi connectivity index (χ0v) is 19.1. The van der Waals surface area contributed by atoms with Crippen LogP contribution in [0.4, 0.5) is 0 Å². The fourth-order valence-corrected chi connectivity index (χ4v) is 5.16. The third-order valence-electron chi connectivity index (χ3n) is 6.81. The number of nitrogens with zero attached hydrogens (tertiary/aromatic N) is 4. The number of aromatic nitrogens is 4. The number of furan rings is 1. The molecule has 36 heavy (non-hydrogen) atoms. The molecule has 0 aliphatic rings. The van der Waals surface area contributed by atoms with Gasteiger partial charge in [0.1, 0.15) is 11.2 Å². The van der Waals surface area contributed by atoms with E-state index in [4.69, 9.17) is 19.4 Å². The highest BCUT2D eigenvalue weighted by Crippen LogP contribution is 2.39. The molecule has 168 valence electrons. The first kappa shape index (κ1) is 19.3. The second-order valence-corrected chi connectivity index (χ2v) is 8.91. The summed E-state index contributed by atoms with van der Waals surface area (Å²) in [5, 5.41) is 4.41. The van der Waals surface area contributed by atoms with Gasteiger partial charge in [0.25, 0.3) is 0 Å². The first-order valence-corrected chi connectivity index (χ1v) is 11.9. The summed E-state index contributed by atoms with van der Waals surface area (Å²) in [5.41, 5.74) is 6.55. The van der Waals surface area contributed by atoms with Crippen LogP contribution in [0.15, 0.2) is 114 Å². The van der Waals surface area contributed by atoms with Crippen LogP contribution in [0.25, 0.3) is 72.1 Å². The number of benzene rings is 5. The summed E-state index contributed by atoms with van der Waals surface area (Å²) in [7, 11) is 0. The number of hydrogen-bond donors (Lipinski definition) is 0. The predicted octanol–water partition coefficient (Wildman–Crippen LogP) is 7.69. The molecule has 0 radical (unpaired) electrons. The Balaban J connectivity index is 1.50. The van der Waals surface area contributed by atoms with E-state index >= 15 is 0 Å². The lowest BCUT2D eigenvalue weighted by atomic mass is 10.0. The largest absolute Gasteiger partial charge is 0.455 e. The maximum Gasteiger partial charge on any atom is 0.199 e. The Morgan fingerprint density at radius 3 is 2.14 bits per heavy atom. The quantitative estimate of drug-likeness (QED) is 0.264. The van der Waals surface area contributed by atoms with Crippen LogP contribution in [0, 0.1) is 0 Å². The number of fused-ring (bicyclic) bond motifs is 7. The monoisotopic (exact) mass is 462 g/mol. The van der Waals surface area contributed by atoms with Crippen LogP contribution in [0.2, 0.25) is 0 Å². The summed E-state index contributed by atoms with van der Waals surface area (Å²) in [6.07, 6.45) is 0. The molecular weight excluding hydrogens is 444 g/mol. The Bertz CT molecular complexity index is 2100. The van der Waals surface area contributed by atoms with Gasteiger partial charge in [-0.15, -0.1) is 0 Å². The van der Waals surface area contributed by atoms with E-state index in [-0.39, 0.29) is 0 Å². The lowest BCUT2D eigenvalue weighted by molar-refractivity contribution is 0.673. The summed E-state index contributed by atoms with van der Waals surface area (Å²) in [6.45, 7) is 0. The van der Waals surface area contributed by atoms with Crippen molar-refractivity contribution in [1.82, 2.24) is 19.5 Å². The molecule has 0 aliphatic heterocycles. The van der Waals surface area contributed by atoms with E-state index in [1.54, 1.807) is 0 Å². The molecule has 0 amide bonds. The second-order valence-electron chi connectivity index (χ2n) is 8.91. The molecule has 5 aromatic carbocycles. The molecular formula is C31H18N4O. The summed E-state index contributed by atoms with van der Waals surface area (Å²) in [6, 6.07) is 36.9. The van der Waals surface area contributed by atoms with Crippen molar-refractivity contribution in [3.63, 3.8) is 0 Å². The van der Waals surface area contributed by atoms with E-state index in [1.807, 2.05) is 48.5 Å². The highest BCUT2D eigenvalue weighted by molar-refractivity contribution is 6.17. The Kier molecular flexibility index (Phi) is 3.88. The van der Waals surface area contributed by atoms with E-state index < -0.39 is 0 Å². The van der Waals surface area contributed by atoms with E-state index in [0.717, 1.165) is 60.8 Å². The molecule has 5 nitrogen and oxygen atoms in total. The summed E-state index contributed by atoms with van der Waals surface area (Å²) in [4.78, 5) is 14.8. The van der Waals surface area contributed by atoms with Crippen molar-refractivity contribution in [2.75, 3.05) is 0 Å². The van der Waals surface area contributed by atoms with E-state index in [1.165, 1.54) is 0 Å². The minimum absolute atomic E-state index is 0.603. The maximum atomic E-state index is 6.62. The van der Waals surface area contributed by atoms with Crippen molar-refractivity contribution < 1.29 is 4.42 Å². The van der Waals surface area contributed by atoms with Crippen LogP contribution in [-0.4, -0.2) is 19.5 Å². The van der Waals surface area contributed by atoms with Crippen molar-refractivity contribution in [2.45, 2.75) is 0 Å². The van der Waals surface area contributed by atoms with Crippen molar-refractivity contribution >= 4 is 55.0 Å². The molecule has 0 unspecified atom stereocenters. The molecule has 8 aromatic rings. The fourth-order valence-electron chi connectivity index (χ4n) is 5.16. The topological polar surface area (TPSA) is 56.7 Å². The van der Waals surface area contributed by atoms with E-state index in [9.17, 15) is 0 Å². The first-order valence-electron chi connectivity index (χ1n) is 11.9. The smallest absolute Gasteiger partial charge is 0.199 e. The van der Waals surface area contributed by atoms with Crippen LogP contribution in [0.1, 0.15) is 0 Å². The summed E-state index contributed by atoms with van der Waals surface area (Å²) < 4.78 is 8.70. The zero-order chi connectivity index (χ0) is 23.6. The highest BCUT2D eigenvalue weighted by atomic mass is 16.3. The number of imidazole rings is 1. The second kappa shape index (κ2) is 7.23. The summed E-state index contributed by atoms with van der Waals surface area (Å²) >= 11 is 0. The van der Waals surface area contributed by atoms with Gasteiger partial charge in [-0.25, -0.2) is 15.0 Å². The van der Waals surface area contributed by atoms with Gasteiger partial charge in [-0.3, -0.25) is 4.57 Å². The van der Waals surface area contributed by atoms with Gasteiger partial charge in [-0.05, 0) is 41.8 Å². The van der Waals surface area contributed by atoms with Gasteiger partial charge in [0.15, 0.2) is 17.1 Å². The Hall–Kier alpha value is -5.03. The van der Waals surface area contributed by atoms with Gasteiger partial charge < -0.3 is 4.42 Å². The molecule has 3 heterocycles. The van der Waals surface area contributed by atoms with E-state index in [2.05, 4.69) is 65.2 Å². The predicted molar refractivity (Wildman–Crippen MR) is 144 cm³/mol. The van der Waals surface area contributed by atoms with Gasteiger partial charge in [0, 0.05) is 21.8 Å². The standard InChI is InChI=1S/C31H18N4O/c1-2-10-20(11-3-1)35-30(34-29-31(35)33-26-16-7-6-15-25(26)32-29)24-14-8-13-22-23-18-17-19-9-4-5-12-21(19)27(23)36-28(22)24/h1-18H. The minimum atomic E-state index is 0.603. The number of rotatable bonds is 2. The fraction of sp³-hybridized carbons (Fsp3) is 0. The van der Waals surface area contributed by atoms with Crippen LogP contribution in [0.3, 0.4) is 0 Å². The SMILES string of the molecule is c1ccc(-n2c(-c3cccc4c3oc3c5ccccc5ccc43)nc3nc4ccccc4nc32)cc1. The Labute approximate surface area is 205 Å². The maximum absolute atomic E-state index is 6.62. The summed E-state index contributed by atoms with van der Waals surface area (Å²) in [5.74, 6) is 0.750. The molecule has 0 N–H and O–H groups in total. The molecule has 3 aromatic heterocycles. The van der Waals surface area contributed by atoms with Gasteiger partial charge in [0.05, 0.1) is 16.6 Å². The van der Waals surface area contributed by atoms with Crippen LogP contribution < -0.4 is 0 Å². The highest BCUT2D eigenvalue weighted by Gasteiger charge is 2.22. The molecule has 8 rings (SSSR count). The average molecular weight is 463 g/mol. The lowest BCUT2D eigenvalue weighted by Crippen LogP contribution is -1.99. The minimum Gasteiger partial charge on any atom is -0.455 e. The van der Waals surface area contributed by atoms with Gasteiger partial charge in [-0.2, -0.15) is 0 Å². The lowest BCUT2D eigenvalue weighted by Gasteiger charge is -2.09. The zero-order valence-electron chi connectivity index (χ0n) is 19.1. The van der Waals surface area contributed by atoms with Gasteiger partial charge in [-0.1, -0.05) is 72.8 Å². The number of hydrogen-bond acceptors (Lipinski definition) is 4. The molecule has 0 fully saturated rings. The molecule has 0 bridgehead atoms. The number of para-hydroxylation sites is 4. The molecule has 0 saturated carbocycles. The third kappa shape index (κ3) is 2.68. The van der Waals surface area contributed by atoms with Gasteiger partial charge in [0.2, 0.25) is 0 Å². The third-order valence-corrected chi connectivity index (χ3v) is 6.81. The molecule has 5 heteroatoms. The van der Waals surface area contributed by atoms with Crippen LogP contribution in [-0.2, 0) is 0 Å². The molecule has 0 spiro atoms. The molecule has 0 atom stereocenters. The Morgan fingerprint density at radius 2 is 1.25 bits per heavy atom. The van der Waals surface area contributed by atoms with Crippen molar-refractivity contribution in [3.8, 4) is 17.1 Å². The Morgan fingerprint density at radius 1 is 0.528 bits per heavy atom. The molecule has 0 saturated heterocycles. The van der Waals surface area contributed by atoms with Crippen molar-refractivity contribution in [3.05, 3.63) is 109 Å². The van der Waals surface area contributed by atoms with E-state index in [0.29, 0.717) is 11.3 Å². The first-order chi connectivity index (χ1) is 17.8. The normalized spacial score (nSPS) is 11.9. The van der Waals surface area contributed by atoms with Crippen LogP contribution >= 0.6 is 0 Å². The average Bonchev–Trinajstić information content (AvgIpc) is 3.50. The van der Waals surface area contributed by atoms with Crippen LogP contribution in [0.5, 0.6) is 0 Å². The molecule has 0 aliphatic carbocycles. The van der Waals surface area contributed by atoms with Crippen molar-refractivity contribution in [2.24, 2.45) is 0 Å².